The minimum atomic E-state index is 0.115. The molecular weight excluding hydrogens is 476 g/mol. The molecule has 2 aliphatic heterocycles. The fraction of sp³-hybridized carbons (Fsp3) is 0.0286. The minimum Gasteiger partial charge on any atom is -0.318 e. The zero-order valence-electron chi connectivity index (χ0n) is 21.1. The molecule has 0 fully saturated rings. The molecule has 39 heavy (non-hydrogen) atoms. The maximum atomic E-state index is 4.45. The van der Waals surface area contributed by atoms with Gasteiger partial charge >= 0.3 is 0 Å². The van der Waals surface area contributed by atoms with Crippen LogP contribution in [0.4, 0.5) is 22.7 Å². The molecule has 0 saturated carbocycles. The largest absolute Gasteiger partial charge is 0.318 e. The number of hydrogen-bond acceptors (Lipinski definition) is 2. The molecule has 0 bridgehead atoms. The van der Waals surface area contributed by atoms with Gasteiger partial charge in [0.25, 0.3) is 0 Å². The lowest BCUT2D eigenvalue weighted by Gasteiger charge is -2.32. The van der Waals surface area contributed by atoms with Gasteiger partial charge in [-0.25, -0.2) is 0 Å². The van der Waals surface area contributed by atoms with Gasteiger partial charge in [0.15, 0.2) is 0 Å². The number of nitrogens with zero attached hydrogens (tertiary/aromatic N) is 4. The van der Waals surface area contributed by atoms with Gasteiger partial charge in [-0.3, -0.25) is 4.98 Å². The first-order valence-corrected chi connectivity index (χ1v) is 13.3. The fourth-order valence-corrected chi connectivity index (χ4v) is 6.77. The first-order chi connectivity index (χ1) is 19.4. The molecule has 0 radical (unpaired) electrons. The van der Waals surface area contributed by atoms with Gasteiger partial charge < -0.3 is 9.47 Å². The number of benzene rings is 4. The van der Waals surface area contributed by atoms with Gasteiger partial charge in [0, 0.05) is 46.8 Å². The van der Waals surface area contributed by atoms with Crippen LogP contribution in [0.15, 0.2) is 134 Å². The van der Waals surface area contributed by atoms with E-state index >= 15 is 0 Å². The Bertz CT molecular complexity index is 2060. The zero-order valence-corrected chi connectivity index (χ0v) is 21.1. The van der Waals surface area contributed by atoms with Crippen molar-refractivity contribution < 1.29 is 0 Å². The van der Waals surface area contributed by atoms with Crippen molar-refractivity contribution in [2.75, 3.05) is 4.90 Å². The molecule has 4 nitrogen and oxygen atoms in total. The van der Waals surface area contributed by atoms with E-state index in [-0.39, 0.29) is 6.04 Å². The van der Waals surface area contributed by atoms with E-state index < -0.39 is 0 Å². The molecule has 3 aliphatic rings. The topological polar surface area (TPSA) is 24.1 Å². The second kappa shape index (κ2) is 7.65. The van der Waals surface area contributed by atoms with Crippen LogP contribution in [-0.2, 0) is 0 Å². The maximum Gasteiger partial charge on any atom is 0.235 e. The first kappa shape index (κ1) is 20.8. The first-order valence-electron chi connectivity index (χ1n) is 13.3. The third kappa shape index (κ3) is 2.72. The molecule has 2 aromatic heterocycles. The average molecular weight is 500 g/mol. The van der Waals surface area contributed by atoms with Gasteiger partial charge in [-0.05, 0) is 42.0 Å². The molecule has 1 aliphatic carbocycles. The Kier molecular flexibility index (Phi) is 4.08. The number of para-hydroxylation sites is 4. The summed E-state index contributed by atoms with van der Waals surface area (Å²) in [6.45, 7) is 0. The Labute approximate surface area is 225 Å². The highest BCUT2D eigenvalue weighted by Gasteiger charge is 2.48. The minimum absolute atomic E-state index is 0.115. The Morgan fingerprint density at radius 1 is 0.718 bits per heavy atom. The number of allylic oxidation sites excluding steroid dienone is 2. The normalized spacial score (nSPS) is 16.9. The molecule has 0 N–H and O–H groups in total. The number of hydrogen-bond donors (Lipinski definition) is 0. The van der Waals surface area contributed by atoms with Crippen molar-refractivity contribution in [1.29, 1.82) is 0 Å². The van der Waals surface area contributed by atoms with Crippen LogP contribution in [0.2, 0.25) is 0 Å². The van der Waals surface area contributed by atoms with E-state index in [9.17, 15) is 0 Å². The van der Waals surface area contributed by atoms with Crippen LogP contribution in [0, 0.1) is 0 Å². The van der Waals surface area contributed by atoms with Gasteiger partial charge in [0.05, 0.1) is 28.6 Å². The van der Waals surface area contributed by atoms with Crippen molar-refractivity contribution in [1.82, 2.24) is 14.1 Å². The lowest BCUT2D eigenvalue weighted by molar-refractivity contribution is 0.931. The van der Waals surface area contributed by atoms with Crippen LogP contribution < -0.4 is 9.48 Å². The molecule has 4 heterocycles. The zero-order chi connectivity index (χ0) is 25.5. The van der Waals surface area contributed by atoms with Crippen LogP contribution in [-0.4, -0.2) is 21.3 Å². The van der Waals surface area contributed by atoms with E-state index in [4.69, 9.17) is 0 Å². The van der Waals surface area contributed by atoms with Gasteiger partial charge in [-0.15, -0.1) is 0 Å². The van der Waals surface area contributed by atoms with Gasteiger partial charge in [0.2, 0.25) is 17.1 Å². The van der Waals surface area contributed by atoms with Crippen LogP contribution in [0.3, 0.4) is 0 Å². The Hall–Kier alpha value is -5.22. The van der Waals surface area contributed by atoms with E-state index in [2.05, 4.69) is 134 Å². The fourth-order valence-electron chi connectivity index (χ4n) is 6.77. The summed E-state index contributed by atoms with van der Waals surface area (Å²) in [4.78, 5) is 6.99. The summed E-state index contributed by atoms with van der Waals surface area (Å²) >= 11 is 0. The van der Waals surface area contributed by atoms with Gasteiger partial charge in [0.1, 0.15) is 11.7 Å². The predicted molar refractivity (Wildman–Crippen MR) is 161 cm³/mol. The molecule has 0 saturated heterocycles. The van der Waals surface area contributed by atoms with Crippen LogP contribution in [0.1, 0.15) is 5.56 Å². The highest BCUT2D eigenvalue weighted by atomic mass is 15.3. The summed E-state index contributed by atoms with van der Waals surface area (Å²) in [6.07, 6.45) is 10.6. The molecule has 1 atom stereocenters. The third-order valence-electron chi connectivity index (χ3n) is 8.30. The van der Waals surface area contributed by atoms with Crippen LogP contribution in [0.5, 0.6) is 0 Å². The van der Waals surface area contributed by atoms with Crippen LogP contribution >= 0.6 is 0 Å². The summed E-state index contributed by atoms with van der Waals surface area (Å²) in [6, 6.07) is 37.3. The summed E-state index contributed by atoms with van der Waals surface area (Å²) in [5.74, 6) is 0. The lowest BCUT2D eigenvalue weighted by Crippen LogP contribution is -2.43. The van der Waals surface area contributed by atoms with Gasteiger partial charge in [-0.1, -0.05) is 60.7 Å². The van der Waals surface area contributed by atoms with Crippen molar-refractivity contribution in [2.45, 2.75) is 6.04 Å². The summed E-state index contributed by atoms with van der Waals surface area (Å²) in [7, 11) is 0. The highest BCUT2D eigenvalue weighted by molar-refractivity contribution is 6.23. The summed E-state index contributed by atoms with van der Waals surface area (Å²) < 4.78 is 4.78. The lowest BCUT2D eigenvalue weighted by atomic mass is 9.91. The second-order valence-electron chi connectivity index (χ2n) is 10.3. The molecule has 0 spiro atoms. The predicted octanol–water partition coefficient (Wildman–Crippen LogP) is 7.94. The molecule has 0 amide bonds. The number of rotatable bonds is 2. The van der Waals surface area contributed by atoms with Crippen molar-refractivity contribution in [2.24, 2.45) is 0 Å². The monoisotopic (exact) mass is 499 g/mol. The number of aromatic nitrogens is 2. The highest BCUT2D eigenvalue weighted by Crippen LogP contribution is 2.53. The SMILES string of the molecule is C1=CC2=[N+](c3ccccc3)c3ccccc3N3c4cc5c(cc4C(=C1)C23)c1ccccc1n5-c1cccnc1. The van der Waals surface area contributed by atoms with Crippen molar-refractivity contribution >= 4 is 55.8 Å². The van der Waals surface area contributed by atoms with E-state index in [1.54, 1.807) is 0 Å². The Morgan fingerprint density at radius 3 is 2.46 bits per heavy atom. The standard InChI is InChI=1S/C35H23N4/c1-2-10-23(11-3-1)37-30-16-6-7-17-31(30)39-34-21-33-27(20-28(34)26-14-8-18-32(37)35(26)39)25-13-4-5-15-29(25)38(33)24-12-9-19-36-22-24/h1-22,35H/q+1. The molecule has 1 unspecified atom stereocenters. The van der Waals surface area contributed by atoms with Gasteiger partial charge in [-0.2, -0.15) is 4.58 Å². The number of fused-ring (bicyclic) bond motifs is 8. The van der Waals surface area contributed by atoms with E-state index in [1.165, 1.54) is 61.4 Å². The summed E-state index contributed by atoms with van der Waals surface area (Å²) in [5.41, 5.74) is 12.2. The Balaban J connectivity index is 1.38. The Morgan fingerprint density at radius 2 is 1.56 bits per heavy atom. The number of anilines is 2. The number of pyridine rings is 1. The smallest absolute Gasteiger partial charge is 0.235 e. The maximum absolute atomic E-state index is 4.45. The van der Waals surface area contributed by atoms with E-state index in [0.29, 0.717) is 0 Å². The molecule has 4 aromatic carbocycles. The molecule has 4 heteroatoms. The van der Waals surface area contributed by atoms with E-state index in [0.717, 1.165) is 5.69 Å². The van der Waals surface area contributed by atoms with Crippen molar-refractivity contribution in [3.63, 3.8) is 0 Å². The molecule has 182 valence electrons. The quantitative estimate of drug-likeness (QED) is 0.226. The van der Waals surface area contributed by atoms with E-state index in [1.807, 2.05) is 18.5 Å². The third-order valence-corrected chi connectivity index (χ3v) is 8.30. The summed E-state index contributed by atoms with van der Waals surface area (Å²) in [5, 5.41) is 2.52. The molecule has 6 aromatic rings. The van der Waals surface area contributed by atoms with Crippen molar-refractivity contribution in [3.05, 3.63) is 139 Å². The second-order valence-corrected chi connectivity index (χ2v) is 10.3. The molecule has 9 rings (SSSR count). The van der Waals surface area contributed by atoms with Crippen molar-refractivity contribution in [3.8, 4) is 5.69 Å². The molecular formula is C35H23N4+. The van der Waals surface area contributed by atoms with Crippen LogP contribution in [0.25, 0.3) is 33.1 Å². The average Bonchev–Trinajstić information content (AvgIpc) is 3.50.